The van der Waals surface area contributed by atoms with Gasteiger partial charge in [0.25, 0.3) is 0 Å². The summed E-state index contributed by atoms with van der Waals surface area (Å²) in [5, 5.41) is 3.56. The first kappa shape index (κ1) is 13.4. The number of hydrogen-bond acceptors (Lipinski definition) is 1. The van der Waals surface area contributed by atoms with E-state index in [2.05, 4.69) is 58.7 Å². The molecule has 1 aromatic carbocycles. The van der Waals surface area contributed by atoms with Crippen molar-refractivity contribution in [2.24, 2.45) is 0 Å². The van der Waals surface area contributed by atoms with Crippen molar-refractivity contribution in [2.75, 3.05) is 0 Å². The molecule has 1 aromatic heterocycles. The molecule has 0 unspecified atom stereocenters. The van der Waals surface area contributed by atoms with Crippen molar-refractivity contribution in [1.29, 1.82) is 0 Å². The molecule has 1 N–H and O–H groups in total. The Kier molecular flexibility index (Phi) is 4.54. The molecule has 20 heavy (non-hydrogen) atoms. The SMILES string of the molecule is c1ccc(CCCCn2ccc(CNC3CC3)c2)cc1. The number of nitrogens with one attached hydrogen (secondary N) is 1. The molecule has 1 fully saturated rings. The van der Waals surface area contributed by atoms with Crippen LogP contribution in [-0.4, -0.2) is 10.6 Å². The second-order valence-electron chi connectivity index (χ2n) is 5.86. The van der Waals surface area contributed by atoms with Gasteiger partial charge in [0.15, 0.2) is 0 Å². The van der Waals surface area contributed by atoms with Crippen molar-refractivity contribution in [1.82, 2.24) is 9.88 Å². The average molecular weight is 268 g/mol. The summed E-state index contributed by atoms with van der Waals surface area (Å²) in [4.78, 5) is 0. The number of hydrogen-bond donors (Lipinski definition) is 1. The van der Waals surface area contributed by atoms with Gasteiger partial charge in [0.05, 0.1) is 0 Å². The quantitative estimate of drug-likeness (QED) is 0.721. The standard InChI is InChI=1S/C18H24N2/c1-2-6-16(7-3-1)8-4-5-12-20-13-11-17(15-20)14-19-18-9-10-18/h1-3,6-7,11,13,15,18-19H,4-5,8-10,12,14H2. The van der Waals surface area contributed by atoms with Crippen molar-refractivity contribution < 1.29 is 0 Å². The fourth-order valence-electron chi connectivity index (χ4n) is 2.55. The molecule has 0 radical (unpaired) electrons. The van der Waals surface area contributed by atoms with Crippen molar-refractivity contribution in [3.05, 3.63) is 59.9 Å². The van der Waals surface area contributed by atoms with Crippen LogP contribution in [0.5, 0.6) is 0 Å². The monoisotopic (exact) mass is 268 g/mol. The lowest BCUT2D eigenvalue weighted by atomic mass is 10.1. The molecule has 1 saturated carbocycles. The molecule has 1 heterocycles. The van der Waals surface area contributed by atoms with E-state index < -0.39 is 0 Å². The summed E-state index contributed by atoms with van der Waals surface area (Å²) in [5.41, 5.74) is 2.87. The van der Waals surface area contributed by atoms with Crippen molar-refractivity contribution in [3.8, 4) is 0 Å². The van der Waals surface area contributed by atoms with Crippen LogP contribution in [0.3, 0.4) is 0 Å². The van der Waals surface area contributed by atoms with E-state index in [4.69, 9.17) is 0 Å². The van der Waals surface area contributed by atoms with Crippen LogP contribution in [0.15, 0.2) is 48.8 Å². The second kappa shape index (κ2) is 6.76. The predicted octanol–water partition coefficient (Wildman–Crippen LogP) is 3.76. The normalized spacial score (nSPS) is 14.6. The topological polar surface area (TPSA) is 17.0 Å². The van der Waals surface area contributed by atoms with Gasteiger partial charge in [-0.15, -0.1) is 0 Å². The van der Waals surface area contributed by atoms with Gasteiger partial charge in [0, 0.05) is 31.5 Å². The van der Waals surface area contributed by atoms with Gasteiger partial charge in [0.2, 0.25) is 0 Å². The molecule has 2 nitrogen and oxygen atoms in total. The lowest BCUT2D eigenvalue weighted by Gasteiger charge is -2.04. The van der Waals surface area contributed by atoms with E-state index in [0.29, 0.717) is 0 Å². The summed E-state index contributed by atoms with van der Waals surface area (Å²) in [7, 11) is 0. The molecule has 0 bridgehead atoms. The lowest BCUT2D eigenvalue weighted by molar-refractivity contribution is 0.608. The molecule has 106 valence electrons. The number of benzene rings is 1. The third-order valence-electron chi connectivity index (χ3n) is 3.96. The first-order valence-electron chi connectivity index (χ1n) is 7.82. The van der Waals surface area contributed by atoms with E-state index in [1.54, 1.807) is 0 Å². The van der Waals surface area contributed by atoms with Crippen LogP contribution in [-0.2, 0) is 19.5 Å². The number of unbranched alkanes of at least 4 members (excludes halogenated alkanes) is 1. The Morgan fingerprint density at radius 2 is 1.85 bits per heavy atom. The maximum Gasteiger partial charge on any atom is 0.0223 e. The maximum absolute atomic E-state index is 3.56. The van der Waals surface area contributed by atoms with Crippen LogP contribution in [0.1, 0.15) is 36.8 Å². The van der Waals surface area contributed by atoms with Gasteiger partial charge >= 0.3 is 0 Å². The summed E-state index contributed by atoms with van der Waals surface area (Å²) in [5.74, 6) is 0. The van der Waals surface area contributed by atoms with E-state index in [1.807, 2.05) is 0 Å². The molecule has 0 saturated heterocycles. The average Bonchev–Trinajstić information content (AvgIpc) is 3.21. The minimum atomic E-state index is 0.796. The van der Waals surface area contributed by atoms with Gasteiger partial charge < -0.3 is 9.88 Å². The van der Waals surface area contributed by atoms with Gasteiger partial charge in [0.1, 0.15) is 0 Å². The number of aryl methyl sites for hydroxylation is 2. The van der Waals surface area contributed by atoms with Crippen LogP contribution < -0.4 is 5.32 Å². The van der Waals surface area contributed by atoms with Crippen molar-refractivity contribution in [2.45, 2.75) is 51.2 Å². The third kappa shape index (κ3) is 4.24. The Morgan fingerprint density at radius 3 is 2.65 bits per heavy atom. The van der Waals surface area contributed by atoms with Crippen LogP contribution in [0, 0.1) is 0 Å². The fourth-order valence-corrected chi connectivity index (χ4v) is 2.55. The molecular weight excluding hydrogens is 244 g/mol. The summed E-state index contributed by atoms with van der Waals surface area (Å²) in [6.07, 6.45) is 10.9. The molecule has 0 aliphatic heterocycles. The fraction of sp³-hybridized carbons (Fsp3) is 0.444. The number of rotatable bonds is 8. The van der Waals surface area contributed by atoms with E-state index in [0.717, 1.165) is 19.1 Å². The molecule has 0 atom stereocenters. The summed E-state index contributed by atoms with van der Waals surface area (Å²) in [6.45, 7) is 2.16. The van der Waals surface area contributed by atoms with Crippen molar-refractivity contribution >= 4 is 0 Å². The minimum absolute atomic E-state index is 0.796. The van der Waals surface area contributed by atoms with E-state index in [9.17, 15) is 0 Å². The Labute approximate surface area is 121 Å². The van der Waals surface area contributed by atoms with E-state index in [1.165, 1.54) is 43.2 Å². The zero-order valence-electron chi connectivity index (χ0n) is 12.1. The second-order valence-corrected chi connectivity index (χ2v) is 5.86. The molecule has 1 aliphatic carbocycles. The predicted molar refractivity (Wildman–Crippen MR) is 83.7 cm³/mol. The van der Waals surface area contributed by atoms with Crippen LogP contribution in [0.4, 0.5) is 0 Å². The molecule has 0 spiro atoms. The number of nitrogens with zero attached hydrogens (tertiary/aromatic N) is 1. The summed E-state index contributed by atoms with van der Waals surface area (Å²) >= 11 is 0. The third-order valence-corrected chi connectivity index (χ3v) is 3.96. The molecule has 3 rings (SSSR count). The first-order valence-corrected chi connectivity index (χ1v) is 7.82. The highest BCUT2D eigenvalue weighted by molar-refractivity contribution is 5.14. The Bertz CT molecular complexity index is 511. The minimum Gasteiger partial charge on any atom is -0.354 e. The highest BCUT2D eigenvalue weighted by Crippen LogP contribution is 2.19. The van der Waals surface area contributed by atoms with Gasteiger partial charge in [-0.2, -0.15) is 0 Å². The van der Waals surface area contributed by atoms with E-state index >= 15 is 0 Å². The molecule has 0 amide bonds. The summed E-state index contributed by atoms with van der Waals surface area (Å²) in [6, 6.07) is 13.8. The summed E-state index contributed by atoms with van der Waals surface area (Å²) < 4.78 is 2.33. The molecule has 2 aromatic rings. The van der Waals surface area contributed by atoms with Gasteiger partial charge in [-0.05, 0) is 49.3 Å². The van der Waals surface area contributed by atoms with Crippen LogP contribution in [0.25, 0.3) is 0 Å². The molecule has 2 heteroatoms. The first-order chi connectivity index (χ1) is 9.90. The lowest BCUT2D eigenvalue weighted by Crippen LogP contribution is -2.14. The highest BCUT2D eigenvalue weighted by Gasteiger charge is 2.19. The maximum atomic E-state index is 3.56. The highest BCUT2D eigenvalue weighted by atomic mass is 15.0. The number of aromatic nitrogens is 1. The zero-order valence-corrected chi connectivity index (χ0v) is 12.1. The molecule has 1 aliphatic rings. The zero-order chi connectivity index (χ0) is 13.6. The van der Waals surface area contributed by atoms with Gasteiger partial charge in [-0.3, -0.25) is 0 Å². The van der Waals surface area contributed by atoms with Crippen LogP contribution in [0.2, 0.25) is 0 Å². The molecular formula is C18H24N2. The van der Waals surface area contributed by atoms with Gasteiger partial charge in [-0.25, -0.2) is 0 Å². The Balaban J connectivity index is 1.35. The Hall–Kier alpha value is -1.54. The van der Waals surface area contributed by atoms with Crippen LogP contribution >= 0.6 is 0 Å². The van der Waals surface area contributed by atoms with Gasteiger partial charge in [-0.1, -0.05) is 30.3 Å². The van der Waals surface area contributed by atoms with Crippen molar-refractivity contribution in [3.63, 3.8) is 0 Å². The Morgan fingerprint density at radius 1 is 1.00 bits per heavy atom. The smallest absolute Gasteiger partial charge is 0.0223 e. The van der Waals surface area contributed by atoms with E-state index in [-0.39, 0.29) is 0 Å². The largest absolute Gasteiger partial charge is 0.354 e.